The average molecular weight is 240 g/mol. The number of hydrogen-bond donors (Lipinski definition) is 2. The average Bonchev–Trinajstić information content (AvgIpc) is 2.99. The third-order valence-electron chi connectivity index (χ3n) is 2.40. The number of hydrogen-bond acceptors (Lipinski definition) is 4. The predicted molar refractivity (Wildman–Crippen MR) is 63.6 cm³/mol. The molecule has 1 aromatic rings. The molecule has 0 aliphatic heterocycles. The van der Waals surface area contributed by atoms with Crippen LogP contribution in [0.25, 0.3) is 0 Å². The van der Waals surface area contributed by atoms with E-state index in [1.807, 2.05) is 0 Å². The fraction of sp³-hybridized carbons (Fsp3) is 0.700. The van der Waals surface area contributed by atoms with E-state index < -0.39 is 0 Å². The van der Waals surface area contributed by atoms with Crippen molar-refractivity contribution >= 4 is 22.5 Å². The Morgan fingerprint density at radius 1 is 1.50 bits per heavy atom. The van der Waals surface area contributed by atoms with Crippen molar-refractivity contribution in [3.05, 3.63) is 5.01 Å². The minimum Gasteiger partial charge on any atom is -0.338 e. The van der Waals surface area contributed by atoms with Gasteiger partial charge in [-0.2, -0.15) is 0 Å². The lowest BCUT2D eigenvalue weighted by molar-refractivity contribution is 0.251. The van der Waals surface area contributed by atoms with Gasteiger partial charge in [0.15, 0.2) is 0 Å². The molecule has 0 spiro atoms. The number of nitrogens with zero attached hydrogens (tertiary/aromatic N) is 2. The smallest absolute Gasteiger partial charge is 0.321 e. The topological polar surface area (TPSA) is 66.9 Å². The molecule has 1 aromatic heterocycles. The zero-order valence-corrected chi connectivity index (χ0v) is 10.1. The van der Waals surface area contributed by atoms with E-state index >= 15 is 0 Å². The molecule has 1 heterocycles. The highest BCUT2D eigenvalue weighted by molar-refractivity contribution is 7.15. The van der Waals surface area contributed by atoms with Gasteiger partial charge in [0.25, 0.3) is 0 Å². The first-order valence-electron chi connectivity index (χ1n) is 5.65. The van der Waals surface area contributed by atoms with E-state index in [1.165, 1.54) is 24.2 Å². The van der Waals surface area contributed by atoms with Crippen molar-refractivity contribution in [3.63, 3.8) is 0 Å². The van der Waals surface area contributed by atoms with Gasteiger partial charge < -0.3 is 5.32 Å². The lowest BCUT2D eigenvalue weighted by Crippen LogP contribution is -2.30. The Labute approximate surface area is 98.7 Å². The maximum absolute atomic E-state index is 11.4. The highest BCUT2D eigenvalue weighted by Gasteiger charge is 2.21. The Hall–Kier alpha value is -1.17. The van der Waals surface area contributed by atoms with Crippen LogP contribution in [0, 0.1) is 5.92 Å². The number of aromatic nitrogens is 2. The van der Waals surface area contributed by atoms with E-state index in [2.05, 4.69) is 27.8 Å². The van der Waals surface area contributed by atoms with Crippen molar-refractivity contribution in [1.82, 2.24) is 15.5 Å². The molecule has 2 rings (SSSR count). The molecule has 16 heavy (non-hydrogen) atoms. The number of amides is 2. The Balaban J connectivity index is 1.75. The number of carbonyl (C=O) groups excluding carboxylic acids is 1. The maximum Gasteiger partial charge on any atom is 0.321 e. The quantitative estimate of drug-likeness (QED) is 0.827. The molecule has 6 heteroatoms. The molecule has 88 valence electrons. The van der Waals surface area contributed by atoms with Gasteiger partial charge in [-0.25, -0.2) is 4.79 Å². The van der Waals surface area contributed by atoms with Crippen molar-refractivity contribution in [2.75, 3.05) is 11.9 Å². The molecule has 1 aliphatic carbocycles. The summed E-state index contributed by atoms with van der Waals surface area (Å²) in [4.78, 5) is 11.4. The van der Waals surface area contributed by atoms with Crippen molar-refractivity contribution in [2.45, 2.75) is 32.6 Å². The summed E-state index contributed by atoms with van der Waals surface area (Å²) < 4.78 is 0. The van der Waals surface area contributed by atoms with E-state index in [1.54, 1.807) is 0 Å². The molecule has 0 unspecified atom stereocenters. The molecule has 0 atom stereocenters. The molecule has 0 saturated heterocycles. The second-order valence-electron chi connectivity index (χ2n) is 4.03. The van der Waals surface area contributed by atoms with Crippen molar-refractivity contribution in [3.8, 4) is 0 Å². The first-order valence-corrected chi connectivity index (χ1v) is 6.47. The van der Waals surface area contributed by atoms with E-state index in [0.29, 0.717) is 11.0 Å². The van der Waals surface area contributed by atoms with E-state index in [9.17, 15) is 4.79 Å². The summed E-state index contributed by atoms with van der Waals surface area (Å²) in [5, 5.41) is 15.0. The highest BCUT2D eigenvalue weighted by Crippen LogP contribution is 2.27. The van der Waals surface area contributed by atoms with Crippen molar-refractivity contribution in [1.29, 1.82) is 0 Å². The normalized spacial score (nSPS) is 14.8. The van der Waals surface area contributed by atoms with Crippen molar-refractivity contribution in [2.24, 2.45) is 5.92 Å². The third kappa shape index (κ3) is 3.44. The van der Waals surface area contributed by atoms with Crippen LogP contribution in [0.4, 0.5) is 9.93 Å². The summed E-state index contributed by atoms with van der Waals surface area (Å²) in [6, 6.07) is -0.175. The summed E-state index contributed by atoms with van der Waals surface area (Å²) >= 11 is 1.44. The van der Waals surface area contributed by atoms with Gasteiger partial charge in [0.2, 0.25) is 5.13 Å². The lowest BCUT2D eigenvalue weighted by Gasteiger charge is -2.02. The summed E-state index contributed by atoms with van der Waals surface area (Å²) in [6.45, 7) is 2.86. The Bertz CT molecular complexity index is 361. The minimum absolute atomic E-state index is 0.175. The van der Waals surface area contributed by atoms with Gasteiger partial charge in [0.05, 0.1) is 0 Å². The Morgan fingerprint density at radius 2 is 2.31 bits per heavy atom. The van der Waals surface area contributed by atoms with Gasteiger partial charge in [-0.1, -0.05) is 18.3 Å². The summed E-state index contributed by atoms with van der Waals surface area (Å²) in [5.74, 6) is 0.691. The molecule has 0 aromatic carbocycles. The van der Waals surface area contributed by atoms with Crippen molar-refractivity contribution < 1.29 is 4.79 Å². The number of urea groups is 1. The number of nitrogens with one attached hydrogen (secondary N) is 2. The van der Waals surface area contributed by atoms with E-state index in [4.69, 9.17) is 0 Å². The van der Waals surface area contributed by atoms with Crippen LogP contribution >= 0.6 is 11.3 Å². The molecule has 1 fully saturated rings. The molecule has 0 bridgehead atoms. The fourth-order valence-electron chi connectivity index (χ4n) is 1.32. The van der Waals surface area contributed by atoms with E-state index in [0.717, 1.165) is 24.4 Å². The monoisotopic (exact) mass is 240 g/mol. The second-order valence-corrected chi connectivity index (χ2v) is 5.09. The molecule has 2 amide bonds. The van der Waals surface area contributed by atoms with Crippen LogP contribution in [-0.4, -0.2) is 22.8 Å². The number of anilines is 1. The number of carbonyl (C=O) groups is 1. The Kier molecular flexibility index (Phi) is 3.71. The van der Waals surface area contributed by atoms with Crippen LogP contribution in [0.5, 0.6) is 0 Å². The van der Waals surface area contributed by atoms with Crippen LogP contribution in [-0.2, 0) is 6.42 Å². The van der Waals surface area contributed by atoms with Crippen LogP contribution in [0.2, 0.25) is 0 Å². The lowest BCUT2D eigenvalue weighted by atomic mass is 10.4. The molecule has 1 saturated carbocycles. The molecular weight excluding hydrogens is 224 g/mol. The summed E-state index contributed by atoms with van der Waals surface area (Å²) in [5.41, 5.74) is 0. The zero-order valence-electron chi connectivity index (χ0n) is 9.32. The largest absolute Gasteiger partial charge is 0.338 e. The molecule has 0 radical (unpaired) electrons. The van der Waals surface area contributed by atoms with Crippen LogP contribution < -0.4 is 10.6 Å². The zero-order chi connectivity index (χ0) is 11.4. The molecular formula is C10H16N4OS. The van der Waals surface area contributed by atoms with Crippen LogP contribution in [0.1, 0.15) is 31.2 Å². The molecule has 1 aliphatic rings. The standard InChI is InChI=1S/C10H16N4OS/c1-2-3-8-13-14-10(16-8)12-9(15)11-6-7-4-5-7/h7H,2-6H2,1H3,(H2,11,12,14,15). The van der Waals surface area contributed by atoms with E-state index in [-0.39, 0.29) is 6.03 Å². The second kappa shape index (κ2) is 5.25. The summed E-state index contributed by atoms with van der Waals surface area (Å²) in [7, 11) is 0. The predicted octanol–water partition coefficient (Wildman–Crippen LogP) is 2.02. The van der Waals surface area contributed by atoms with Crippen LogP contribution in [0.15, 0.2) is 0 Å². The van der Waals surface area contributed by atoms with Gasteiger partial charge >= 0.3 is 6.03 Å². The third-order valence-corrected chi connectivity index (χ3v) is 3.30. The van der Waals surface area contributed by atoms with Gasteiger partial charge in [-0.05, 0) is 25.2 Å². The minimum atomic E-state index is -0.175. The first-order chi connectivity index (χ1) is 7.78. The number of rotatable bonds is 5. The SMILES string of the molecule is CCCc1nnc(NC(=O)NCC2CC2)s1. The molecule has 5 nitrogen and oxygen atoms in total. The van der Waals surface area contributed by atoms with Crippen LogP contribution in [0.3, 0.4) is 0 Å². The maximum atomic E-state index is 11.4. The van der Waals surface area contributed by atoms with Gasteiger partial charge in [-0.15, -0.1) is 10.2 Å². The van der Waals surface area contributed by atoms with Gasteiger partial charge in [-0.3, -0.25) is 5.32 Å². The highest BCUT2D eigenvalue weighted by atomic mass is 32.1. The Morgan fingerprint density at radius 3 is 3.00 bits per heavy atom. The first kappa shape index (κ1) is 11.3. The van der Waals surface area contributed by atoms with Gasteiger partial charge in [0, 0.05) is 13.0 Å². The molecule has 2 N–H and O–H groups in total. The van der Waals surface area contributed by atoms with Gasteiger partial charge in [0.1, 0.15) is 5.01 Å². The fourth-order valence-corrected chi connectivity index (χ4v) is 2.16. The number of aryl methyl sites for hydroxylation is 1. The summed E-state index contributed by atoms with van der Waals surface area (Å²) in [6.07, 6.45) is 4.44.